The van der Waals surface area contributed by atoms with E-state index >= 15 is 0 Å². The number of rotatable bonds is 5. The summed E-state index contributed by atoms with van der Waals surface area (Å²) in [5.74, 6) is -1.04. The van der Waals surface area contributed by atoms with Crippen LogP contribution >= 0.6 is 11.3 Å². The van der Waals surface area contributed by atoms with Crippen LogP contribution in [-0.4, -0.2) is 26.0 Å². The Hall–Kier alpha value is -0.920. The molecular weight excluding hydrogens is 250 g/mol. The normalized spacial score (nSPS) is 12.6. The van der Waals surface area contributed by atoms with E-state index in [2.05, 4.69) is 4.72 Å². The molecule has 0 aliphatic heterocycles. The lowest BCUT2D eigenvalue weighted by Crippen LogP contribution is -2.38. The molecule has 0 aliphatic carbocycles. The molecule has 1 heterocycles. The Morgan fingerprint density at radius 3 is 2.62 bits per heavy atom. The summed E-state index contributed by atoms with van der Waals surface area (Å²) in [7, 11) is -3.58. The van der Waals surface area contributed by atoms with Crippen molar-refractivity contribution in [2.75, 3.05) is 6.54 Å². The first-order valence-electron chi connectivity index (χ1n) is 4.52. The van der Waals surface area contributed by atoms with Crippen molar-refractivity contribution in [3.05, 3.63) is 17.5 Å². The summed E-state index contributed by atoms with van der Waals surface area (Å²) in [6.45, 7) is 2.79. The summed E-state index contributed by atoms with van der Waals surface area (Å²) >= 11 is 1.09. The lowest BCUT2D eigenvalue weighted by molar-refractivity contribution is -0.146. The molecule has 0 radical (unpaired) electrons. The molecule has 0 bridgehead atoms. The van der Waals surface area contributed by atoms with Gasteiger partial charge in [0.2, 0.25) is 10.0 Å². The maximum absolute atomic E-state index is 11.7. The van der Waals surface area contributed by atoms with E-state index in [1.165, 1.54) is 19.9 Å². The molecule has 2 N–H and O–H groups in total. The molecule has 0 spiro atoms. The van der Waals surface area contributed by atoms with Crippen molar-refractivity contribution in [2.24, 2.45) is 5.41 Å². The minimum Gasteiger partial charge on any atom is -0.481 e. The SMILES string of the molecule is CC(C)(CNS(=O)(=O)c1cccs1)C(=O)O. The van der Waals surface area contributed by atoms with Gasteiger partial charge in [-0.05, 0) is 25.3 Å². The third kappa shape index (κ3) is 3.03. The van der Waals surface area contributed by atoms with Crippen LogP contribution in [0.15, 0.2) is 21.7 Å². The van der Waals surface area contributed by atoms with Crippen molar-refractivity contribution in [3.63, 3.8) is 0 Å². The summed E-state index contributed by atoms with van der Waals surface area (Å²) in [6, 6.07) is 3.10. The second kappa shape index (κ2) is 4.52. The summed E-state index contributed by atoms with van der Waals surface area (Å²) in [6.07, 6.45) is 0. The molecule has 90 valence electrons. The van der Waals surface area contributed by atoms with Crippen molar-refractivity contribution >= 4 is 27.3 Å². The standard InChI is InChI=1S/C9H13NO4S2/c1-9(2,8(11)12)6-10-16(13,14)7-4-3-5-15-7/h3-5,10H,6H2,1-2H3,(H,11,12). The van der Waals surface area contributed by atoms with Gasteiger partial charge in [-0.3, -0.25) is 4.79 Å². The number of carboxylic acid groups (broad SMARTS) is 1. The highest BCUT2D eigenvalue weighted by molar-refractivity contribution is 7.91. The van der Waals surface area contributed by atoms with Crippen LogP contribution in [0.5, 0.6) is 0 Å². The number of sulfonamides is 1. The van der Waals surface area contributed by atoms with Crippen LogP contribution in [0.3, 0.4) is 0 Å². The molecule has 5 nitrogen and oxygen atoms in total. The molecular formula is C9H13NO4S2. The summed E-state index contributed by atoms with van der Waals surface area (Å²) < 4.78 is 25.8. The fourth-order valence-corrected chi connectivity index (χ4v) is 3.09. The van der Waals surface area contributed by atoms with Gasteiger partial charge >= 0.3 is 5.97 Å². The highest BCUT2D eigenvalue weighted by Gasteiger charge is 2.29. The molecule has 0 saturated carbocycles. The fourth-order valence-electron chi connectivity index (χ4n) is 0.839. The van der Waals surface area contributed by atoms with Crippen LogP contribution < -0.4 is 4.72 Å². The summed E-state index contributed by atoms with van der Waals surface area (Å²) in [4.78, 5) is 10.8. The van der Waals surface area contributed by atoms with Gasteiger partial charge in [-0.15, -0.1) is 11.3 Å². The maximum Gasteiger partial charge on any atom is 0.310 e. The molecule has 16 heavy (non-hydrogen) atoms. The van der Waals surface area contributed by atoms with E-state index in [4.69, 9.17) is 5.11 Å². The molecule has 0 unspecified atom stereocenters. The summed E-state index contributed by atoms with van der Waals surface area (Å²) in [5, 5.41) is 10.5. The lowest BCUT2D eigenvalue weighted by Gasteiger charge is -2.18. The Morgan fingerprint density at radius 2 is 2.19 bits per heavy atom. The first-order valence-corrected chi connectivity index (χ1v) is 6.88. The van der Waals surface area contributed by atoms with Gasteiger partial charge in [0.25, 0.3) is 0 Å². The molecule has 1 rings (SSSR count). The first kappa shape index (κ1) is 13.1. The van der Waals surface area contributed by atoms with Crippen molar-refractivity contribution in [3.8, 4) is 0 Å². The minimum absolute atomic E-state index is 0.136. The highest BCUT2D eigenvalue weighted by Crippen LogP contribution is 2.18. The lowest BCUT2D eigenvalue weighted by atomic mass is 9.95. The molecule has 1 aromatic rings. The van der Waals surface area contributed by atoms with Gasteiger partial charge in [0.15, 0.2) is 0 Å². The van der Waals surface area contributed by atoms with Crippen LogP contribution in [0.2, 0.25) is 0 Å². The van der Waals surface area contributed by atoms with E-state index in [0.29, 0.717) is 0 Å². The van der Waals surface area contributed by atoms with E-state index in [1.807, 2.05) is 0 Å². The Bertz CT molecular complexity index is 462. The van der Waals surface area contributed by atoms with Crippen molar-refractivity contribution < 1.29 is 18.3 Å². The smallest absolute Gasteiger partial charge is 0.310 e. The third-order valence-electron chi connectivity index (χ3n) is 2.04. The Morgan fingerprint density at radius 1 is 1.56 bits per heavy atom. The van der Waals surface area contributed by atoms with E-state index in [9.17, 15) is 13.2 Å². The fraction of sp³-hybridized carbons (Fsp3) is 0.444. The predicted octanol–water partition coefficient (Wildman–Crippen LogP) is 1.14. The van der Waals surface area contributed by atoms with Crippen molar-refractivity contribution in [1.82, 2.24) is 4.72 Å². The molecule has 0 aromatic carbocycles. The van der Waals surface area contributed by atoms with Crippen LogP contribution in [0, 0.1) is 5.41 Å². The van der Waals surface area contributed by atoms with Gasteiger partial charge in [0, 0.05) is 6.54 Å². The average Bonchev–Trinajstić information content (AvgIpc) is 2.68. The molecule has 0 aliphatic rings. The van der Waals surface area contributed by atoms with Gasteiger partial charge in [-0.25, -0.2) is 13.1 Å². The Labute approximate surface area is 98.2 Å². The molecule has 0 saturated heterocycles. The number of thiophene rings is 1. The van der Waals surface area contributed by atoms with Gasteiger partial charge < -0.3 is 5.11 Å². The number of hydrogen-bond donors (Lipinski definition) is 2. The van der Waals surface area contributed by atoms with Crippen molar-refractivity contribution in [1.29, 1.82) is 0 Å². The molecule has 0 fully saturated rings. The molecule has 0 atom stereocenters. The summed E-state index contributed by atoms with van der Waals surface area (Å²) in [5.41, 5.74) is -1.12. The molecule has 1 aromatic heterocycles. The van der Waals surface area contributed by atoms with Crippen LogP contribution in [0.1, 0.15) is 13.8 Å². The van der Waals surface area contributed by atoms with Gasteiger partial charge in [0.05, 0.1) is 5.41 Å². The molecule has 0 amide bonds. The van der Waals surface area contributed by atoms with E-state index < -0.39 is 21.4 Å². The zero-order valence-electron chi connectivity index (χ0n) is 8.93. The van der Waals surface area contributed by atoms with Gasteiger partial charge in [-0.1, -0.05) is 6.07 Å². The zero-order valence-corrected chi connectivity index (χ0v) is 10.6. The van der Waals surface area contributed by atoms with Gasteiger partial charge in [-0.2, -0.15) is 0 Å². The van der Waals surface area contributed by atoms with Crippen LogP contribution in [-0.2, 0) is 14.8 Å². The number of hydrogen-bond acceptors (Lipinski definition) is 4. The Kier molecular flexibility index (Phi) is 3.72. The largest absolute Gasteiger partial charge is 0.481 e. The van der Waals surface area contributed by atoms with E-state index in [1.54, 1.807) is 11.4 Å². The number of aliphatic carboxylic acids is 1. The van der Waals surface area contributed by atoms with Crippen molar-refractivity contribution in [2.45, 2.75) is 18.1 Å². The zero-order chi connectivity index (χ0) is 12.4. The topological polar surface area (TPSA) is 83.5 Å². The molecule has 7 heteroatoms. The maximum atomic E-state index is 11.7. The van der Waals surface area contributed by atoms with Crippen LogP contribution in [0.25, 0.3) is 0 Å². The highest BCUT2D eigenvalue weighted by atomic mass is 32.2. The number of nitrogens with one attached hydrogen (secondary N) is 1. The monoisotopic (exact) mass is 263 g/mol. The number of carboxylic acids is 1. The quantitative estimate of drug-likeness (QED) is 0.834. The first-order chi connectivity index (χ1) is 7.26. The van der Waals surface area contributed by atoms with E-state index in [-0.39, 0.29) is 10.8 Å². The van der Waals surface area contributed by atoms with Crippen LogP contribution in [0.4, 0.5) is 0 Å². The number of carbonyl (C=O) groups is 1. The second-order valence-corrected chi connectivity index (χ2v) is 6.89. The van der Waals surface area contributed by atoms with E-state index in [0.717, 1.165) is 11.3 Å². The third-order valence-corrected chi connectivity index (χ3v) is 4.84. The minimum atomic E-state index is -3.58. The Balaban J connectivity index is 2.74. The predicted molar refractivity (Wildman–Crippen MR) is 60.9 cm³/mol. The second-order valence-electron chi connectivity index (χ2n) is 3.95. The van der Waals surface area contributed by atoms with Gasteiger partial charge in [0.1, 0.15) is 4.21 Å². The average molecular weight is 263 g/mol.